The number of benzene rings is 1. The maximum Gasteiger partial charge on any atom is 0.311 e. The van der Waals surface area contributed by atoms with Gasteiger partial charge in [0.2, 0.25) is 0 Å². The summed E-state index contributed by atoms with van der Waals surface area (Å²) in [5.74, 6) is -0.903. The Kier molecular flexibility index (Phi) is 2.36. The van der Waals surface area contributed by atoms with Gasteiger partial charge in [0.15, 0.2) is 0 Å². The molecule has 4 nitrogen and oxygen atoms in total. The summed E-state index contributed by atoms with van der Waals surface area (Å²) in [6.07, 6.45) is -0.426. The fraction of sp³-hybridized carbons (Fsp3) is 0.364. The third-order valence-electron chi connectivity index (χ3n) is 2.79. The second-order valence-corrected chi connectivity index (χ2v) is 3.64. The summed E-state index contributed by atoms with van der Waals surface area (Å²) < 4.78 is 5.03. The fourth-order valence-corrected chi connectivity index (χ4v) is 2.00. The zero-order chi connectivity index (χ0) is 11.0. The normalized spacial score (nSPS) is 23.6. The molecule has 80 valence electrons. The lowest BCUT2D eigenvalue weighted by atomic mass is 10.0. The van der Waals surface area contributed by atoms with Crippen LogP contribution >= 0.6 is 0 Å². The van der Waals surface area contributed by atoms with Gasteiger partial charge in [-0.05, 0) is 29.7 Å². The highest BCUT2D eigenvalue weighted by Crippen LogP contribution is 2.41. The summed E-state index contributed by atoms with van der Waals surface area (Å²) >= 11 is 0. The molecule has 0 bridgehead atoms. The molecular formula is C11H12O4. The second-order valence-electron chi connectivity index (χ2n) is 3.64. The van der Waals surface area contributed by atoms with Crippen molar-refractivity contribution in [3.8, 4) is 5.75 Å². The summed E-state index contributed by atoms with van der Waals surface area (Å²) in [5.41, 5.74) is 1.36. The van der Waals surface area contributed by atoms with Gasteiger partial charge in [0.25, 0.3) is 0 Å². The molecule has 2 rings (SSSR count). The molecule has 0 radical (unpaired) electrons. The van der Waals surface area contributed by atoms with Gasteiger partial charge in [-0.1, -0.05) is 6.07 Å². The SMILES string of the molecule is COc1ccc2c(c1)C(C(=O)O)CC2O. The van der Waals surface area contributed by atoms with Crippen LogP contribution in [0.25, 0.3) is 0 Å². The van der Waals surface area contributed by atoms with Gasteiger partial charge < -0.3 is 14.9 Å². The lowest BCUT2D eigenvalue weighted by Gasteiger charge is -2.07. The number of aliphatic hydroxyl groups is 1. The average Bonchev–Trinajstić information content (AvgIpc) is 2.56. The first kappa shape index (κ1) is 9.98. The Bertz CT molecular complexity index is 400. The average molecular weight is 208 g/mol. The molecule has 2 atom stereocenters. The van der Waals surface area contributed by atoms with Crippen molar-refractivity contribution >= 4 is 5.97 Å². The van der Waals surface area contributed by atoms with E-state index in [0.717, 1.165) is 0 Å². The lowest BCUT2D eigenvalue weighted by Crippen LogP contribution is -2.08. The molecule has 4 heteroatoms. The summed E-state index contributed by atoms with van der Waals surface area (Å²) in [7, 11) is 1.53. The molecule has 0 fully saturated rings. The molecule has 0 saturated heterocycles. The molecule has 0 amide bonds. The third kappa shape index (κ3) is 1.57. The molecule has 0 saturated carbocycles. The van der Waals surface area contributed by atoms with E-state index in [1.807, 2.05) is 0 Å². The highest BCUT2D eigenvalue weighted by molar-refractivity contribution is 5.78. The van der Waals surface area contributed by atoms with Crippen molar-refractivity contribution in [3.05, 3.63) is 29.3 Å². The first-order valence-corrected chi connectivity index (χ1v) is 4.72. The predicted molar refractivity (Wildman–Crippen MR) is 52.9 cm³/mol. The van der Waals surface area contributed by atoms with Crippen LogP contribution in [-0.4, -0.2) is 23.3 Å². The molecule has 15 heavy (non-hydrogen) atoms. The van der Waals surface area contributed by atoms with Crippen molar-refractivity contribution in [2.45, 2.75) is 18.4 Å². The van der Waals surface area contributed by atoms with Gasteiger partial charge in [0.1, 0.15) is 5.75 Å². The van der Waals surface area contributed by atoms with E-state index in [1.165, 1.54) is 7.11 Å². The molecule has 1 aromatic carbocycles. The number of carboxylic acids is 1. The van der Waals surface area contributed by atoms with Crippen LogP contribution < -0.4 is 4.74 Å². The number of rotatable bonds is 2. The predicted octanol–water partition coefficient (Wildman–Crippen LogP) is 1.30. The first-order chi connectivity index (χ1) is 7.13. The number of carbonyl (C=O) groups is 1. The third-order valence-corrected chi connectivity index (χ3v) is 2.79. The number of fused-ring (bicyclic) bond motifs is 1. The number of aliphatic hydroxyl groups excluding tert-OH is 1. The molecular weight excluding hydrogens is 196 g/mol. The topological polar surface area (TPSA) is 66.8 Å². The zero-order valence-corrected chi connectivity index (χ0v) is 8.30. The lowest BCUT2D eigenvalue weighted by molar-refractivity contribution is -0.139. The largest absolute Gasteiger partial charge is 0.497 e. The molecule has 2 unspecified atom stereocenters. The van der Waals surface area contributed by atoms with Gasteiger partial charge >= 0.3 is 5.97 Å². The van der Waals surface area contributed by atoms with Crippen LogP contribution in [-0.2, 0) is 4.79 Å². The molecule has 0 spiro atoms. The minimum Gasteiger partial charge on any atom is -0.497 e. The van der Waals surface area contributed by atoms with E-state index in [1.54, 1.807) is 18.2 Å². The highest BCUT2D eigenvalue weighted by atomic mass is 16.5. The summed E-state index contributed by atoms with van der Waals surface area (Å²) in [6.45, 7) is 0. The molecule has 0 heterocycles. The van der Waals surface area contributed by atoms with Crippen LogP contribution in [0.15, 0.2) is 18.2 Å². The van der Waals surface area contributed by atoms with E-state index in [9.17, 15) is 9.90 Å². The quantitative estimate of drug-likeness (QED) is 0.768. The van der Waals surface area contributed by atoms with Crippen molar-refractivity contribution in [2.24, 2.45) is 0 Å². The van der Waals surface area contributed by atoms with Crippen molar-refractivity contribution in [2.75, 3.05) is 7.11 Å². The summed E-state index contributed by atoms with van der Waals surface area (Å²) in [6, 6.07) is 5.14. The summed E-state index contributed by atoms with van der Waals surface area (Å²) in [5, 5.41) is 18.6. The first-order valence-electron chi connectivity index (χ1n) is 4.72. The van der Waals surface area contributed by atoms with Crippen LogP contribution in [0, 0.1) is 0 Å². The molecule has 2 N–H and O–H groups in total. The number of carboxylic acid groups (broad SMARTS) is 1. The molecule has 0 aromatic heterocycles. The Hall–Kier alpha value is -1.55. The van der Waals surface area contributed by atoms with Crippen molar-refractivity contribution in [3.63, 3.8) is 0 Å². The number of hydrogen-bond donors (Lipinski definition) is 2. The van der Waals surface area contributed by atoms with Gasteiger partial charge in [-0.2, -0.15) is 0 Å². The zero-order valence-electron chi connectivity index (χ0n) is 8.30. The minimum absolute atomic E-state index is 0.248. The number of methoxy groups -OCH3 is 1. The van der Waals surface area contributed by atoms with E-state index in [2.05, 4.69) is 0 Å². The van der Waals surface area contributed by atoms with Crippen molar-refractivity contribution < 1.29 is 19.7 Å². The van der Waals surface area contributed by atoms with Crippen molar-refractivity contribution in [1.82, 2.24) is 0 Å². The Morgan fingerprint density at radius 1 is 1.47 bits per heavy atom. The van der Waals surface area contributed by atoms with Gasteiger partial charge in [0, 0.05) is 0 Å². The maximum atomic E-state index is 11.0. The van der Waals surface area contributed by atoms with Gasteiger partial charge in [-0.25, -0.2) is 0 Å². The van der Waals surface area contributed by atoms with Crippen LogP contribution in [0.5, 0.6) is 5.75 Å². The highest BCUT2D eigenvalue weighted by Gasteiger charge is 2.34. The van der Waals surface area contributed by atoms with E-state index in [4.69, 9.17) is 9.84 Å². The maximum absolute atomic E-state index is 11.0. The molecule has 1 aliphatic carbocycles. The van der Waals surface area contributed by atoms with Gasteiger partial charge in [0.05, 0.1) is 19.1 Å². The minimum atomic E-state index is -0.902. The van der Waals surface area contributed by atoms with E-state index in [0.29, 0.717) is 16.9 Å². The van der Waals surface area contributed by atoms with Gasteiger partial charge in [-0.3, -0.25) is 4.79 Å². The number of aliphatic carboxylic acids is 1. The van der Waals surface area contributed by atoms with E-state index < -0.39 is 18.0 Å². The fourth-order valence-electron chi connectivity index (χ4n) is 2.00. The Morgan fingerprint density at radius 2 is 2.20 bits per heavy atom. The van der Waals surface area contributed by atoms with Crippen LogP contribution in [0.1, 0.15) is 29.6 Å². The van der Waals surface area contributed by atoms with Gasteiger partial charge in [-0.15, -0.1) is 0 Å². The number of ether oxygens (including phenoxy) is 1. The summed E-state index contributed by atoms with van der Waals surface area (Å²) in [4.78, 5) is 11.0. The standard InChI is InChI=1S/C11H12O4/c1-15-6-2-3-7-8(4-6)9(11(13)14)5-10(7)12/h2-4,9-10,12H,5H2,1H3,(H,13,14). The second kappa shape index (κ2) is 3.55. The Balaban J connectivity index is 2.47. The van der Waals surface area contributed by atoms with E-state index in [-0.39, 0.29) is 6.42 Å². The monoisotopic (exact) mass is 208 g/mol. The van der Waals surface area contributed by atoms with E-state index >= 15 is 0 Å². The smallest absolute Gasteiger partial charge is 0.311 e. The molecule has 1 aromatic rings. The molecule has 1 aliphatic rings. The molecule has 0 aliphatic heterocycles. The van der Waals surface area contributed by atoms with Crippen LogP contribution in [0.4, 0.5) is 0 Å². The van der Waals surface area contributed by atoms with Crippen molar-refractivity contribution in [1.29, 1.82) is 0 Å². The van der Waals surface area contributed by atoms with Crippen LogP contribution in [0.2, 0.25) is 0 Å². The Labute approximate surface area is 87.1 Å². The Morgan fingerprint density at radius 3 is 2.80 bits per heavy atom. The van der Waals surface area contributed by atoms with Crippen LogP contribution in [0.3, 0.4) is 0 Å². The number of hydrogen-bond acceptors (Lipinski definition) is 3.